The van der Waals surface area contributed by atoms with Crippen LogP contribution in [0.25, 0.3) is 11.4 Å². The van der Waals surface area contributed by atoms with Crippen LogP contribution in [0, 0.1) is 5.92 Å². The third-order valence-corrected chi connectivity index (χ3v) is 6.85. The van der Waals surface area contributed by atoms with Crippen LogP contribution in [0.3, 0.4) is 0 Å². The zero-order valence-corrected chi connectivity index (χ0v) is 18.3. The number of hydrogen-bond acceptors (Lipinski definition) is 6. The number of amides is 1. The molecule has 1 aromatic carbocycles. The van der Waals surface area contributed by atoms with Gasteiger partial charge in [0.1, 0.15) is 6.54 Å². The summed E-state index contributed by atoms with van der Waals surface area (Å²) >= 11 is 0. The van der Waals surface area contributed by atoms with E-state index in [1.165, 1.54) is 10.4 Å². The largest absolute Gasteiger partial charge is 0.337 e. The summed E-state index contributed by atoms with van der Waals surface area (Å²) in [5.74, 6) is 1.13. The van der Waals surface area contributed by atoms with E-state index in [1.54, 1.807) is 4.90 Å². The van der Waals surface area contributed by atoms with Gasteiger partial charge < -0.3 is 4.90 Å². The van der Waals surface area contributed by atoms with E-state index in [2.05, 4.69) is 29.3 Å². The molecular formula is C20H29N5O3S. The lowest BCUT2D eigenvalue weighted by Crippen LogP contribution is -2.45. The van der Waals surface area contributed by atoms with Crippen molar-refractivity contribution < 1.29 is 13.2 Å². The van der Waals surface area contributed by atoms with Crippen LogP contribution >= 0.6 is 0 Å². The van der Waals surface area contributed by atoms with E-state index in [1.807, 2.05) is 38.1 Å². The Labute approximate surface area is 172 Å². The minimum atomic E-state index is -3.07. The quantitative estimate of drug-likeness (QED) is 0.682. The van der Waals surface area contributed by atoms with Crippen LogP contribution in [0.5, 0.6) is 0 Å². The summed E-state index contributed by atoms with van der Waals surface area (Å²) in [4.78, 5) is 15.9. The van der Waals surface area contributed by atoms with E-state index in [0.29, 0.717) is 24.7 Å². The van der Waals surface area contributed by atoms with Gasteiger partial charge in [0, 0.05) is 18.2 Å². The second-order valence-corrected chi connectivity index (χ2v) is 10.6. The number of hydrogen-bond donors (Lipinski definition) is 0. The molecule has 8 nitrogen and oxygen atoms in total. The fourth-order valence-electron chi connectivity index (χ4n) is 3.52. The molecule has 0 aliphatic carbocycles. The average molecular weight is 420 g/mol. The van der Waals surface area contributed by atoms with Crippen molar-refractivity contribution in [2.24, 2.45) is 5.92 Å². The second-order valence-electron chi connectivity index (χ2n) is 8.42. The normalized spacial score (nSPS) is 18.5. The van der Waals surface area contributed by atoms with E-state index in [9.17, 15) is 13.2 Å². The highest BCUT2D eigenvalue weighted by Crippen LogP contribution is 2.21. The number of rotatable bonds is 7. The smallest absolute Gasteiger partial charge is 0.246 e. The van der Waals surface area contributed by atoms with Gasteiger partial charge in [0.2, 0.25) is 11.7 Å². The molecule has 0 unspecified atom stereocenters. The number of aromatic nitrogens is 4. The predicted molar refractivity (Wildman–Crippen MR) is 111 cm³/mol. The number of carbonyl (C=O) groups excluding carboxylic acids is 1. The van der Waals surface area contributed by atoms with E-state index >= 15 is 0 Å². The van der Waals surface area contributed by atoms with Crippen molar-refractivity contribution in [1.29, 1.82) is 0 Å². The molecule has 0 bridgehead atoms. The molecule has 1 aliphatic rings. The van der Waals surface area contributed by atoms with Crippen LogP contribution < -0.4 is 0 Å². The van der Waals surface area contributed by atoms with Crippen molar-refractivity contribution in [3.63, 3.8) is 0 Å². The van der Waals surface area contributed by atoms with Gasteiger partial charge in [0.25, 0.3) is 0 Å². The predicted octanol–water partition coefficient (Wildman–Crippen LogP) is 2.14. The van der Waals surface area contributed by atoms with Gasteiger partial charge in [-0.2, -0.15) is 4.80 Å². The minimum Gasteiger partial charge on any atom is -0.337 e. The standard InChI is InChI=1S/C20H29N5O3S/c1-14(2)11-24(18-9-10-29(27,28)13-18)19(26)12-25-22-20(21-23-25)17-7-5-16(6-8-17)15(3)4/h5-8,14-15,18H,9-13H2,1-4H3/t18-/m1/s1. The molecular weight excluding hydrogens is 390 g/mol. The summed E-state index contributed by atoms with van der Waals surface area (Å²) < 4.78 is 23.7. The first kappa shape index (κ1) is 21.4. The monoisotopic (exact) mass is 419 g/mol. The SMILES string of the molecule is CC(C)CN(C(=O)Cn1nnc(-c2ccc(C(C)C)cc2)n1)[C@@H]1CCS(=O)(=O)C1. The first-order chi connectivity index (χ1) is 13.6. The van der Waals surface area contributed by atoms with Gasteiger partial charge in [-0.25, -0.2) is 8.42 Å². The van der Waals surface area contributed by atoms with E-state index in [-0.39, 0.29) is 35.9 Å². The van der Waals surface area contributed by atoms with Gasteiger partial charge >= 0.3 is 0 Å². The lowest BCUT2D eigenvalue weighted by atomic mass is 10.0. The molecule has 1 fully saturated rings. The highest BCUT2D eigenvalue weighted by molar-refractivity contribution is 7.91. The van der Waals surface area contributed by atoms with Crippen molar-refractivity contribution in [2.45, 2.75) is 52.6 Å². The van der Waals surface area contributed by atoms with Gasteiger partial charge in [0.15, 0.2) is 9.84 Å². The fourth-order valence-corrected chi connectivity index (χ4v) is 5.25. The number of tetrazole rings is 1. The molecule has 1 saturated heterocycles. The molecule has 0 saturated carbocycles. The number of carbonyl (C=O) groups is 1. The number of nitrogens with zero attached hydrogens (tertiary/aromatic N) is 5. The topological polar surface area (TPSA) is 98.1 Å². The molecule has 0 spiro atoms. The Balaban J connectivity index is 1.72. The van der Waals surface area contributed by atoms with Crippen molar-refractivity contribution in [2.75, 3.05) is 18.1 Å². The molecule has 29 heavy (non-hydrogen) atoms. The Kier molecular flexibility index (Phi) is 6.36. The first-order valence-electron chi connectivity index (χ1n) is 10.0. The Morgan fingerprint density at radius 1 is 1.21 bits per heavy atom. The van der Waals surface area contributed by atoms with Crippen LogP contribution in [0.15, 0.2) is 24.3 Å². The van der Waals surface area contributed by atoms with Crippen LogP contribution in [0.2, 0.25) is 0 Å². The van der Waals surface area contributed by atoms with Gasteiger partial charge in [-0.15, -0.1) is 10.2 Å². The lowest BCUT2D eigenvalue weighted by Gasteiger charge is -2.29. The van der Waals surface area contributed by atoms with Crippen molar-refractivity contribution in [3.05, 3.63) is 29.8 Å². The minimum absolute atomic E-state index is 0.0314. The third kappa shape index (κ3) is 5.41. The Hall–Kier alpha value is -2.29. The maximum atomic E-state index is 12.9. The van der Waals surface area contributed by atoms with Gasteiger partial charge in [0.05, 0.1) is 11.5 Å². The molecule has 1 amide bonds. The third-order valence-electron chi connectivity index (χ3n) is 5.10. The van der Waals surface area contributed by atoms with Crippen molar-refractivity contribution >= 4 is 15.7 Å². The molecule has 2 heterocycles. The highest BCUT2D eigenvalue weighted by atomic mass is 32.2. The maximum Gasteiger partial charge on any atom is 0.246 e. The molecule has 2 aromatic rings. The molecule has 0 radical (unpaired) electrons. The first-order valence-corrected chi connectivity index (χ1v) is 11.8. The molecule has 0 N–H and O–H groups in total. The maximum absolute atomic E-state index is 12.9. The van der Waals surface area contributed by atoms with E-state index in [0.717, 1.165) is 5.56 Å². The van der Waals surface area contributed by atoms with Crippen LogP contribution in [-0.2, 0) is 21.2 Å². The van der Waals surface area contributed by atoms with E-state index in [4.69, 9.17) is 0 Å². The van der Waals surface area contributed by atoms with Gasteiger partial charge in [-0.3, -0.25) is 4.79 Å². The van der Waals surface area contributed by atoms with Crippen LogP contribution in [0.4, 0.5) is 0 Å². The summed E-state index contributed by atoms with van der Waals surface area (Å²) in [5.41, 5.74) is 2.07. The van der Waals surface area contributed by atoms with Crippen LogP contribution in [-0.4, -0.2) is 63.5 Å². The van der Waals surface area contributed by atoms with Crippen molar-refractivity contribution in [3.8, 4) is 11.4 Å². The average Bonchev–Trinajstić information content (AvgIpc) is 3.25. The van der Waals surface area contributed by atoms with Crippen molar-refractivity contribution in [1.82, 2.24) is 25.1 Å². The zero-order chi connectivity index (χ0) is 21.2. The van der Waals surface area contributed by atoms with E-state index < -0.39 is 9.84 Å². The number of benzene rings is 1. The Morgan fingerprint density at radius 3 is 2.45 bits per heavy atom. The molecule has 3 rings (SSSR count). The Morgan fingerprint density at radius 2 is 1.90 bits per heavy atom. The lowest BCUT2D eigenvalue weighted by molar-refractivity contribution is -0.134. The summed E-state index contributed by atoms with van der Waals surface area (Å²) in [6.07, 6.45) is 0.485. The Bertz CT molecular complexity index is 951. The molecule has 1 aromatic heterocycles. The van der Waals surface area contributed by atoms with Crippen LogP contribution in [0.1, 0.15) is 45.6 Å². The summed E-state index contributed by atoms with van der Waals surface area (Å²) in [6, 6.07) is 7.70. The van der Waals surface area contributed by atoms with Gasteiger partial charge in [-0.1, -0.05) is 52.0 Å². The molecule has 1 aliphatic heterocycles. The molecule has 9 heteroatoms. The molecule has 1 atom stereocenters. The second kappa shape index (κ2) is 8.61. The summed E-state index contributed by atoms with van der Waals surface area (Å²) in [6.45, 7) is 8.74. The summed E-state index contributed by atoms with van der Waals surface area (Å²) in [7, 11) is -3.07. The molecule has 158 valence electrons. The number of sulfone groups is 1. The fraction of sp³-hybridized carbons (Fsp3) is 0.600. The summed E-state index contributed by atoms with van der Waals surface area (Å²) in [5, 5.41) is 12.4. The van der Waals surface area contributed by atoms with Gasteiger partial charge in [-0.05, 0) is 29.0 Å². The zero-order valence-electron chi connectivity index (χ0n) is 17.4. The highest BCUT2D eigenvalue weighted by Gasteiger charge is 2.35.